The molecule has 30 heavy (non-hydrogen) atoms. The summed E-state index contributed by atoms with van der Waals surface area (Å²) >= 11 is 1.43. The molecule has 1 aromatic heterocycles. The number of anilines is 1. The zero-order valence-electron chi connectivity index (χ0n) is 18.0. The molecule has 0 saturated heterocycles. The number of aryl methyl sites for hydroxylation is 3. The van der Waals surface area contributed by atoms with Gasteiger partial charge in [-0.15, -0.1) is 0 Å². The number of rotatable bonds is 7. The van der Waals surface area contributed by atoms with E-state index in [1.165, 1.54) is 16.2 Å². The molecule has 2 aromatic carbocycles. The van der Waals surface area contributed by atoms with Gasteiger partial charge in [0.15, 0.2) is 15.0 Å². The average molecular weight is 446 g/mol. The number of nitrogens with zero attached hydrogens (tertiary/aromatic N) is 3. The number of likely N-dealkylation sites (N-methyl/N-ethyl adjacent to an activating group) is 1. The second kappa shape index (κ2) is 8.83. The summed E-state index contributed by atoms with van der Waals surface area (Å²) in [6.45, 7) is 6.89. The van der Waals surface area contributed by atoms with Gasteiger partial charge in [0.1, 0.15) is 5.75 Å². The summed E-state index contributed by atoms with van der Waals surface area (Å²) in [5, 5.41) is 0.532. The maximum Gasteiger partial charge on any atom is 0.244 e. The minimum Gasteiger partial charge on any atom is -0.308 e. The Balaban J connectivity index is 1.94. The predicted molar refractivity (Wildman–Crippen MR) is 123 cm³/mol. The van der Waals surface area contributed by atoms with Crippen LogP contribution in [0.2, 0.25) is 0 Å². The molecule has 0 N–H and O–H groups in total. The molecule has 3 rings (SSSR count). The van der Waals surface area contributed by atoms with Crippen LogP contribution < -0.4 is 4.90 Å². The number of hydrogen-bond donors (Lipinski definition) is 0. The van der Waals surface area contributed by atoms with Gasteiger partial charge in [0.05, 0.1) is 15.1 Å². The van der Waals surface area contributed by atoms with Crippen LogP contribution in [0.5, 0.6) is 0 Å². The fourth-order valence-electron chi connectivity index (χ4n) is 3.18. The van der Waals surface area contributed by atoms with Crippen LogP contribution in [0, 0.1) is 20.8 Å². The number of carbonyl (C=O) groups is 1. The van der Waals surface area contributed by atoms with Crippen molar-refractivity contribution in [2.45, 2.75) is 25.7 Å². The molecule has 8 heteroatoms. The van der Waals surface area contributed by atoms with E-state index in [-0.39, 0.29) is 4.90 Å². The van der Waals surface area contributed by atoms with Crippen LogP contribution in [-0.4, -0.2) is 57.1 Å². The van der Waals surface area contributed by atoms with Crippen molar-refractivity contribution in [3.05, 3.63) is 53.1 Å². The summed E-state index contributed by atoms with van der Waals surface area (Å²) in [6.07, 6.45) is 0. The quantitative estimate of drug-likeness (QED) is 0.556. The number of amides is 1. The number of fused-ring (bicyclic) bond motifs is 1. The highest BCUT2D eigenvalue weighted by molar-refractivity contribution is 7.92. The summed E-state index contributed by atoms with van der Waals surface area (Å²) in [5.41, 5.74) is 4.00. The van der Waals surface area contributed by atoms with Gasteiger partial charge in [0.25, 0.3) is 0 Å². The highest BCUT2D eigenvalue weighted by atomic mass is 32.2. The smallest absolute Gasteiger partial charge is 0.244 e. The van der Waals surface area contributed by atoms with Gasteiger partial charge < -0.3 is 4.90 Å². The van der Waals surface area contributed by atoms with Crippen molar-refractivity contribution in [2.75, 3.05) is 37.8 Å². The van der Waals surface area contributed by atoms with Crippen molar-refractivity contribution in [2.24, 2.45) is 0 Å². The van der Waals surface area contributed by atoms with E-state index in [0.717, 1.165) is 26.9 Å². The van der Waals surface area contributed by atoms with E-state index < -0.39 is 21.5 Å². The molecular formula is C22H27N3O3S2. The van der Waals surface area contributed by atoms with Gasteiger partial charge in [0.2, 0.25) is 5.91 Å². The standard InChI is InChI=1S/C22H27N3O3S2/c1-15-6-8-18(9-7-15)30(27,28)14-20(26)25(11-10-24(4)5)22-23-19-13-16(2)12-17(3)21(19)29-22/h6-9,12-13H,10-11,14H2,1-5H3. The SMILES string of the molecule is Cc1ccc(S(=O)(=O)CC(=O)N(CCN(C)C)c2nc3cc(C)cc(C)c3s2)cc1. The van der Waals surface area contributed by atoms with Gasteiger partial charge in [-0.25, -0.2) is 13.4 Å². The lowest BCUT2D eigenvalue weighted by atomic mass is 10.1. The molecule has 1 amide bonds. The van der Waals surface area contributed by atoms with Gasteiger partial charge in [0, 0.05) is 13.1 Å². The van der Waals surface area contributed by atoms with Crippen molar-refractivity contribution in [3.8, 4) is 0 Å². The van der Waals surface area contributed by atoms with Gasteiger partial charge in [-0.3, -0.25) is 9.69 Å². The average Bonchev–Trinajstić information content (AvgIpc) is 3.05. The van der Waals surface area contributed by atoms with Crippen LogP contribution in [0.15, 0.2) is 41.3 Å². The van der Waals surface area contributed by atoms with Crippen molar-refractivity contribution >= 4 is 42.4 Å². The number of thiazole rings is 1. The second-order valence-corrected chi connectivity index (χ2v) is 10.8. The molecule has 0 aliphatic carbocycles. The number of hydrogen-bond acceptors (Lipinski definition) is 6. The van der Waals surface area contributed by atoms with Crippen molar-refractivity contribution in [3.63, 3.8) is 0 Å². The van der Waals surface area contributed by atoms with Crippen LogP contribution >= 0.6 is 11.3 Å². The minimum atomic E-state index is -3.74. The molecule has 0 unspecified atom stereocenters. The van der Waals surface area contributed by atoms with Gasteiger partial charge in [-0.1, -0.05) is 35.1 Å². The molecule has 1 heterocycles. The first-order valence-corrected chi connectivity index (χ1v) is 12.2. The van der Waals surface area contributed by atoms with E-state index in [1.807, 2.05) is 45.8 Å². The molecule has 0 spiro atoms. The summed E-state index contributed by atoms with van der Waals surface area (Å²) in [7, 11) is 0.0877. The van der Waals surface area contributed by atoms with Gasteiger partial charge >= 0.3 is 0 Å². The zero-order valence-corrected chi connectivity index (χ0v) is 19.6. The third-order valence-corrected chi connectivity index (χ3v) is 7.65. The summed E-state index contributed by atoms with van der Waals surface area (Å²) in [4.78, 5) is 21.4. The molecule has 0 aliphatic heterocycles. The van der Waals surface area contributed by atoms with Crippen LogP contribution in [0.1, 0.15) is 16.7 Å². The predicted octanol–water partition coefficient (Wildman–Crippen LogP) is 3.59. The van der Waals surface area contributed by atoms with Crippen molar-refractivity contribution < 1.29 is 13.2 Å². The first kappa shape index (κ1) is 22.4. The molecule has 0 atom stereocenters. The third kappa shape index (κ3) is 5.06. The lowest BCUT2D eigenvalue weighted by molar-refractivity contribution is -0.116. The van der Waals surface area contributed by atoms with Gasteiger partial charge in [-0.05, 0) is 64.2 Å². The molecule has 160 valence electrons. The minimum absolute atomic E-state index is 0.157. The normalized spacial score (nSPS) is 11.9. The molecule has 6 nitrogen and oxygen atoms in total. The summed E-state index contributed by atoms with van der Waals surface area (Å²) in [6, 6.07) is 10.6. The van der Waals surface area contributed by atoms with Crippen LogP contribution in [0.3, 0.4) is 0 Å². The van der Waals surface area contributed by atoms with E-state index in [1.54, 1.807) is 24.3 Å². The Morgan fingerprint density at radius 1 is 1.00 bits per heavy atom. The monoisotopic (exact) mass is 445 g/mol. The summed E-state index contributed by atoms with van der Waals surface area (Å²) < 4.78 is 26.7. The third-order valence-electron chi connectivity index (χ3n) is 4.81. The molecule has 0 saturated carbocycles. The fourth-order valence-corrected chi connectivity index (χ4v) is 5.43. The Labute approximate surface area is 182 Å². The van der Waals surface area contributed by atoms with E-state index in [4.69, 9.17) is 0 Å². The summed E-state index contributed by atoms with van der Waals surface area (Å²) in [5.74, 6) is -1.05. The Morgan fingerprint density at radius 3 is 2.30 bits per heavy atom. The number of benzene rings is 2. The second-order valence-electron chi connectivity index (χ2n) is 7.85. The molecule has 0 bridgehead atoms. The van der Waals surface area contributed by atoms with Crippen LogP contribution in [0.4, 0.5) is 5.13 Å². The van der Waals surface area contributed by atoms with Crippen molar-refractivity contribution in [1.29, 1.82) is 0 Å². The number of sulfone groups is 1. The van der Waals surface area contributed by atoms with E-state index in [9.17, 15) is 13.2 Å². The maximum absolute atomic E-state index is 13.1. The van der Waals surface area contributed by atoms with Crippen molar-refractivity contribution in [1.82, 2.24) is 9.88 Å². The Morgan fingerprint density at radius 2 is 1.67 bits per heavy atom. The molecular weight excluding hydrogens is 418 g/mol. The molecule has 0 fully saturated rings. The first-order chi connectivity index (χ1) is 14.1. The first-order valence-electron chi connectivity index (χ1n) is 9.69. The maximum atomic E-state index is 13.1. The topological polar surface area (TPSA) is 70.6 Å². The van der Waals surface area contributed by atoms with E-state index >= 15 is 0 Å². The number of aromatic nitrogens is 1. The lowest BCUT2D eigenvalue weighted by Crippen LogP contribution is -2.40. The van der Waals surface area contributed by atoms with E-state index in [2.05, 4.69) is 11.1 Å². The fraction of sp³-hybridized carbons (Fsp3) is 0.364. The number of carbonyl (C=O) groups excluding carboxylic acids is 1. The molecule has 3 aromatic rings. The Bertz CT molecular complexity index is 1170. The molecule has 0 aliphatic rings. The highest BCUT2D eigenvalue weighted by Crippen LogP contribution is 2.32. The Hall–Kier alpha value is -2.29. The van der Waals surface area contributed by atoms with Gasteiger partial charge in [-0.2, -0.15) is 0 Å². The zero-order chi connectivity index (χ0) is 22.1. The Kier molecular flexibility index (Phi) is 6.59. The van der Waals surface area contributed by atoms with Crippen LogP contribution in [0.25, 0.3) is 10.2 Å². The highest BCUT2D eigenvalue weighted by Gasteiger charge is 2.26. The lowest BCUT2D eigenvalue weighted by Gasteiger charge is -2.22. The largest absolute Gasteiger partial charge is 0.308 e. The molecule has 0 radical (unpaired) electrons. The van der Waals surface area contributed by atoms with E-state index in [0.29, 0.717) is 18.2 Å². The van der Waals surface area contributed by atoms with Crippen LogP contribution in [-0.2, 0) is 14.6 Å².